The van der Waals surface area contributed by atoms with Gasteiger partial charge in [0, 0.05) is 18.5 Å². The van der Waals surface area contributed by atoms with Crippen LogP contribution in [0.5, 0.6) is 0 Å². The van der Waals surface area contributed by atoms with Crippen LogP contribution in [-0.2, 0) is 0 Å². The summed E-state index contributed by atoms with van der Waals surface area (Å²) < 4.78 is 0. The van der Waals surface area contributed by atoms with Crippen molar-refractivity contribution in [1.29, 1.82) is 0 Å². The van der Waals surface area contributed by atoms with Crippen LogP contribution in [0.15, 0.2) is 23.8 Å². The first-order valence-electron chi connectivity index (χ1n) is 4.42. The summed E-state index contributed by atoms with van der Waals surface area (Å²) in [5, 5.41) is 0. The van der Waals surface area contributed by atoms with Crippen molar-refractivity contribution in [3.05, 3.63) is 23.8 Å². The van der Waals surface area contributed by atoms with E-state index in [9.17, 15) is 0 Å². The average molecular weight is 166 g/mol. The molecule has 0 amide bonds. The Morgan fingerprint density at radius 3 is 2.67 bits per heavy atom. The first kappa shape index (κ1) is 9.49. The van der Waals surface area contributed by atoms with Crippen LogP contribution in [0.3, 0.4) is 0 Å². The molecule has 1 rings (SSSR count). The summed E-state index contributed by atoms with van der Waals surface area (Å²) in [5.74, 6) is 0.470. The van der Waals surface area contributed by atoms with Gasteiger partial charge in [0.2, 0.25) is 0 Å². The van der Waals surface area contributed by atoms with Gasteiger partial charge in [-0.15, -0.1) is 0 Å². The first-order chi connectivity index (χ1) is 5.64. The van der Waals surface area contributed by atoms with Gasteiger partial charge in [-0.1, -0.05) is 37.6 Å². The summed E-state index contributed by atoms with van der Waals surface area (Å²) in [4.78, 5) is 0. The van der Waals surface area contributed by atoms with Crippen LogP contribution in [-0.4, -0.2) is 13.1 Å². The molecule has 1 aliphatic carbocycles. The molecule has 12 heavy (non-hydrogen) atoms. The van der Waals surface area contributed by atoms with Crippen LogP contribution in [0.1, 0.15) is 13.8 Å². The molecule has 2 unspecified atom stereocenters. The fraction of sp³-hybridized carbons (Fsp3) is 0.600. The zero-order valence-electron chi connectivity index (χ0n) is 7.88. The van der Waals surface area contributed by atoms with Crippen molar-refractivity contribution in [3.63, 3.8) is 0 Å². The van der Waals surface area contributed by atoms with Crippen LogP contribution in [0.4, 0.5) is 0 Å². The molecule has 0 saturated heterocycles. The highest BCUT2D eigenvalue weighted by atomic mass is 14.6. The molecule has 68 valence electrons. The van der Waals surface area contributed by atoms with E-state index in [4.69, 9.17) is 11.5 Å². The molecule has 0 radical (unpaired) electrons. The van der Waals surface area contributed by atoms with E-state index in [0.717, 1.165) is 0 Å². The Bertz CT molecular complexity index is 218. The van der Waals surface area contributed by atoms with Crippen LogP contribution in [0.25, 0.3) is 0 Å². The molecule has 0 aromatic carbocycles. The molecule has 0 aliphatic heterocycles. The third kappa shape index (κ3) is 1.45. The van der Waals surface area contributed by atoms with E-state index in [0.29, 0.717) is 19.0 Å². The minimum Gasteiger partial charge on any atom is -0.330 e. The Labute approximate surface area is 74.3 Å². The maximum Gasteiger partial charge on any atom is 0.0142 e. The fourth-order valence-electron chi connectivity index (χ4n) is 1.59. The maximum atomic E-state index is 5.73. The Morgan fingerprint density at radius 2 is 2.17 bits per heavy atom. The van der Waals surface area contributed by atoms with Crippen molar-refractivity contribution < 1.29 is 0 Å². The van der Waals surface area contributed by atoms with Gasteiger partial charge in [0.1, 0.15) is 0 Å². The highest BCUT2D eigenvalue weighted by Gasteiger charge is 2.30. The van der Waals surface area contributed by atoms with Gasteiger partial charge in [-0.3, -0.25) is 0 Å². The van der Waals surface area contributed by atoms with Gasteiger partial charge in [0.05, 0.1) is 0 Å². The first-order valence-corrected chi connectivity index (χ1v) is 4.42. The molecule has 0 saturated carbocycles. The normalized spacial score (nSPS) is 35.0. The number of rotatable bonds is 2. The second-order valence-corrected chi connectivity index (χ2v) is 3.74. The van der Waals surface area contributed by atoms with Gasteiger partial charge >= 0.3 is 0 Å². The molecule has 2 heteroatoms. The lowest BCUT2D eigenvalue weighted by Crippen LogP contribution is -2.35. The highest BCUT2D eigenvalue weighted by Crippen LogP contribution is 2.35. The summed E-state index contributed by atoms with van der Waals surface area (Å²) in [7, 11) is 0. The smallest absolute Gasteiger partial charge is 0.0142 e. The van der Waals surface area contributed by atoms with Crippen molar-refractivity contribution >= 4 is 0 Å². The topological polar surface area (TPSA) is 52.0 Å². The summed E-state index contributed by atoms with van der Waals surface area (Å²) in [6.45, 7) is 5.69. The summed E-state index contributed by atoms with van der Waals surface area (Å²) in [5.41, 5.74) is 12.7. The van der Waals surface area contributed by atoms with E-state index in [2.05, 4.69) is 32.1 Å². The van der Waals surface area contributed by atoms with E-state index in [1.807, 2.05) is 0 Å². The Kier molecular flexibility index (Phi) is 2.70. The predicted octanol–water partition coefficient (Wildman–Crippen LogP) is 1.04. The minimum atomic E-state index is 0.101. The summed E-state index contributed by atoms with van der Waals surface area (Å²) in [6, 6.07) is 0. The van der Waals surface area contributed by atoms with E-state index in [1.165, 1.54) is 5.57 Å². The second kappa shape index (κ2) is 3.42. The van der Waals surface area contributed by atoms with Gasteiger partial charge in [-0.2, -0.15) is 0 Å². The molecule has 0 aromatic rings. The van der Waals surface area contributed by atoms with Crippen molar-refractivity contribution in [2.24, 2.45) is 22.8 Å². The van der Waals surface area contributed by atoms with Gasteiger partial charge in [0.25, 0.3) is 0 Å². The van der Waals surface area contributed by atoms with Crippen LogP contribution in [0, 0.1) is 11.3 Å². The molecule has 4 N–H and O–H groups in total. The Hall–Kier alpha value is -0.600. The number of hydrogen-bond donors (Lipinski definition) is 2. The summed E-state index contributed by atoms with van der Waals surface area (Å²) in [6.07, 6.45) is 6.34. The third-order valence-corrected chi connectivity index (χ3v) is 3.01. The van der Waals surface area contributed by atoms with E-state index in [-0.39, 0.29) is 5.41 Å². The number of allylic oxidation sites excluding steroid dienone is 2. The Morgan fingerprint density at radius 1 is 1.50 bits per heavy atom. The molecule has 2 nitrogen and oxygen atoms in total. The maximum absolute atomic E-state index is 5.73. The van der Waals surface area contributed by atoms with Crippen molar-refractivity contribution in [3.8, 4) is 0 Å². The van der Waals surface area contributed by atoms with Crippen molar-refractivity contribution in [2.45, 2.75) is 13.8 Å². The zero-order chi connectivity index (χ0) is 9.19. The highest BCUT2D eigenvalue weighted by molar-refractivity contribution is 5.27. The third-order valence-electron chi connectivity index (χ3n) is 3.01. The average Bonchev–Trinajstić information content (AvgIpc) is 2.10. The van der Waals surface area contributed by atoms with Crippen LogP contribution < -0.4 is 11.5 Å². The quantitative estimate of drug-likeness (QED) is 0.644. The Balaban J connectivity index is 2.87. The molecular formula is C10H18N2. The van der Waals surface area contributed by atoms with E-state index in [1.54, 1.807) is 0 Å². The second-order valence-electron chi connectivity index (χ2n) is 3.74. The van der Waals surface area contributed by atoms with Gasteiger partial charge in [-0.25, -0.2) is 0 Å². The van der Waals surface area contributed by atoms with Gasteiger partial charge < -0.3 is 11.5 Å². The van der Waals surface area contributed by atoms with Crippen molar-refractivity contribution in [2.75, 3.05) is 13.1 Å². The molecular weight excluding hydrogens is 148 g/mol. The predicted molar refractivity (Wildman–Crippen MR) is 52.6 cm³/mol. The van der Waals surface area contributed by atoms with E-state index >= 15 is 0 Å². The lowest BCUT2D eigenvalue weighted by molar-refractivity contribution is 0.319. The van der Waals surface area contributed by atoms with Gasteiger partial charge in [0.15, 0.2) is 0 Å². The fourth-order valence-corrected chi connectivity index (χ4v) is 1.59. The number of hydrogen-bond acceptors (Lipinski definition) is 2. The van der Waals surface area contributed by atoms with Gasteiger partial charge in [-0.05, 0) is 5.92 Å². The van der Waals surface area contributed by atoms with Crippen LogP contribution in [0.2, 0.25) is 0 Å². The molecule has 0 bridgehead atoms. The molecule has 0 aromatic heterocycles. The molecule has 0 fully saturated rings. The van der Waals surface area contributed by atoms with Crippen molar-refractivity contribution in [1.82, 2.24) is 0 Å². The monoisotopic (exact) mass is 166 g/mol. The molecule has 0 spiro atoms. The minimum absolute atomic E-state index is 0.101. The lowest BCUT2D eigenvalue weighted by Gasteiger charge is -2.35. The molecule has 2 atom stereocenters. The SMILES string of the molecule is CC1C(CN)=CC=CC1(C)CN. The van der Waals surface area contributed by atoms with E-state index < -0.39 is 0 Å². The standard InChI is InChI=1S/C10H18N2/c1-8-9(6-11)4-3-5-10(8,2)7-12/h3-5,8H,6-7,11-12H2,1-2H3. The molecule has 0 heterocycles. The zero-order valence-corrected chi connectivity index (χ0v) is 7.88. The van der Waals surface area contributed by atoms with Crippen LogP contribution >= 0.6 is 0 Å². The summed E-state index contributed by atoms with van der Waals surface area (Å²) >= 11 is 0. The lowest BCUT2D eigenvalue weighted by atomic mass is 9.71. The largest absolute Gasteiger partial charge is 0.330 e. The molecule has 1 aliphatic rings. The number of nitrogens with two attached hydrogens (primary N) is 2.